The van der Waals surface area contributed by atoms with Crippen molar-refractivity contribution < 1.29 is 17.6 Å². The molecule has 2 aromatic carbocycles. The van der Waals surface area contributed by atoms with E-state index >= 15 is 0 Å². The first-order valence-corrected chi connectivity index (χ1v) is 12.1. The van der Waals surface area contributed by atoms with Crippen molar-refractivity contribution in [2.24, 2.45) is 4.40 Å². The lowest BCUT2D eigenvalue weighted by atomic mass is 10.1. The molecule has 0 atom stereocenters. The second-order valence-electron chi connectivity index (χ2n) is 6.97. The number of hydrogen-bond donors (Lipinski definition) is 0. The van der Waals surface area contributed by atoms with Crippen LogP contribution in [0.4, 0.5) is 4.39 Å². The van der Waals surface area contributed by atoms with Gasteiger partial charge >= 0.3 is 0 Å². The number of hydrogen-bond acceptors (Lipinski definition) is 5. The van der Waals surface area contributed by atoms with Gasteiger partial charge in [0.15, 0.2) is 10.4 Å². The molecule has 0 aliphatic carbocycles. The van der Waals surface area contributed by atoms with Crippen LogP contribution in [0.3, 0.4) is 0 Å². The fourth-order valence-electron chi connectivity index (χ4n) is 3.17. The molecule has 7 nitrogen and oxygen atoms in total. The van der Waals surface area contributed by atoms with Gasteiger partial charge in [-0.1, -0.05) is 11.6 Å². The summed E-state index contributed by atoms with van der Waals surface area (Å²) in [7, 11) is -4.17. The predicted octanol–water partition coefficient (Wildman–Crippen LogP) is 3.64. The average Bonchev–Trinajstić information content (AvgIpc) is 3.17. The molecule has 0 bridgehead atoms. The van der Waals surface area contributed by atoms with Crippen LogP contribution < -0.4 is 4.67 Å². The lowest BCUT2D eigenvalue weighted by Gasteiger charge is -2.25. The predicted molar refractivity (Wildman–Crippen MR) is 115 cm³/mol. The molecule has 1 aromatic heterocycles. The lowest BCUT2D eigenvalue weighted by molar-refractivity contribution is 0.0716. The van der Waals surface area contributed by atoms with E-state index in [1.807, 2.05) is 0 Å². The highest BCUT2D eigenvalue weighted by Gasteiger charge is 2.25. The Hall–Kier alpha value is -2.56. The highest BCUT2D eigenvalue weighted by atomic mass is 35.5. The van der Waals surface area contributed by atoms with Crippen LogP contribution in [0.15, 0.2) is 57.8 Å². The summed E-state index contributed by atoms with van der Waals surface area (Å²) >= 11 is 6.87. The molecule has 1 aliphatic rings. The molecule has 0 saturated carbocycles. The molecule has 1 saturated heterocycles. The molecule has 162 valence electrons. The van der Waals surface area contributed by atoms with Crippen molar-refractivity contribution in [3.8, 4) is 5.69 Å². The summed E-state index contributed by atoms with van der Waals surface area (Å²) in [6, 6.07) is 11.1. The number of carbonyl (C=O) groups excluding carboxylic acids is 1. The SMILES string of the molecule is O=C(c1nn(-c2ccc(Cl)cc2)sc1=NS(=O)(=O)c1ccc(F)cc1)N1CCCCC1. The number of amides is 1. The smallest absolute Gasteiger partial charge is 0.283 e. The maximum absolute atomic E-state index is 13.2. The fraction of sp³-hybridized carbons (Fsp3) is 0.250. The summed E-state index contributed by atoms with van der Waals surface area (Å²) in [6.45, 7) is 1.17. The summed E-state index contributed by atoms with van der Waals surface area (Å²) in [5, 5.41) is 4.90. The molecular weight excluding hydrogens is 463 g/mol. The van der Waals surface area contributed by atoms with Crippen LogP contribution in [0.2, 0.25) is 5.02 Å². The van der Waals surface area contributed by atoms with Crippen molar-refractivity contribution in [1.29, 1.82) is 0 Å². The maximum atomic E-state index is 13.2. The summed E-state index contributed by atoms with van der Waals surface area (Å²) in [5.41, 5.74) is 0.579. The zero-order valence-corrected chi connectivity index (χ0v) is 18.6. The molecule has 0 unspecified atom stereocenters. The Morgan fingerprint density at radius 2 is 1.68 bits per heavy atom. The van der Waals surface area contributed by atoms with Crippen LogP contribution in [0.1, 0.15) is 29.8 Å². The van der Waals surface area contributed by atoms with E-state index in [0.29, 0.717) is 23.8 Å². The Morgan fingerprint density at radius 3 is 2.32 bits per heavy atom. The third kappa shape index (κ3) is 4.86. The molecule has 1 amide bonds. The van der Waals surface area contributed by atoms with E-state index in [9.17, 15) is 17.6 Å². The van der Waals surface area contributed by atoms with Crippen LogP contribution in [-0.2, 0) is 10.0 Å². The molecule has 4 rings (SSSR count). The summed E-state index contributed by atoms with van der Waals surface area (Å²) in [6.07, 6.45) is 2.81. The molecule has 3 aromatic rings. The minimum absolute atomic E-state index is 0.0325. The number of aromatic nitrogens is 2. The molecule has 1 aliphatic heterocycles. The zero-order chi connectivity index (χ0) is 22.0. The maximum Gasteiger partial charge on any atom is 0.283 e. The summed E-state index contributed by atoms with van der Waals surface area (Å²) in [4.78, 5) is 14.6. The van der Waals surface area contributed by atoms with Gasteiger partial charge in [0.1, 0.15) is 5.82 Å². The van der Waals surface area contributed by atoms with Crippen molar-refractivity contribution in [1.82, 2.24) is 14.1 Å². The zero-order valence-electron chi connectivity index (χ0n) is 16.2. The highest BCUT2D eigenvalue weighted by Crippen LogP contribution is 2.17. The number of sulfonamides is 1. The molecule has 11 heteroatoms. The number of benzene rings is 2. The van der Waals surface area contributed by atoms with Crippen molar-refractivity contribution in [2.75, 3.05) is 13.1 Å². The quantitative estimate of drug-likeness (QED) is 0.570. The molecule has 0 N–H and O–H groups in total. The normalized spacial score (nSPS) is 15.3. The first-order chi connectivity index (χ1) is 14.8. The van der Waals surface area contributed by atoms with Gasteiger partial charge < -0.3 is 4.90 Å². The molecular formula is C20H18ClFN4O3S2. The number of nitrogens with zero attached hydrogens (tertiary/aromatic N) is 4. The van der Waals surface area contributed by atoms with Gasteiger partial charge in [0.25, 0.3) is 15.9 Å². The van der Waals surface area contributed by atoms with Gasteiger partial charge in [0.05, 0.1) is 10.6 Å². The largest absolute Gasteiger partial charge is 0.337 e. The van der Waals surface area contributed by atoms with E-state index in [2.05, 4.69) is 9.50 Å². The van der Waals surface area contributed by atoms with Crippen molar-refractivity contribution in [3.63, 3.8) is 0 Å². The molecule has 1 fully saturated rings. The van der Waals surface area contributed by atoms with Gasteiger partial charge in [0, 0.05) is 18.1 Å². The summed E-state index contributed by atoms with van der Waals surface area (Å²) in [5.74, 6) is -0.921. The first kappa shape index (κ1) is 21.7. The monoisotopic (exact) mass is 480 g/mol. The second kappa shape index (κ2) is 8.89. The van der Waals surface area contributed by atoms with Gasteiger partial charge in [0.2, 0.25) is 0 Å². The minimum atomic E-state index is -4.17. The van der Waals surface area contributed by atoms with Gasteiger partial charge in [-0.3, -0.25) is 4.79 Å². The Kier molecular flexibility index (Phi) is 6.22. The van der Waals surface area contributed by atoms with Crippen molar-refractivity contribution in [2.45, 2.75) is 24.2 Å². The molecule has 31 heavy (non-hydrogen) atoms. The van der Waals surface area contributed by atoms with Gasteiger partial charge in [-0.25, -0.2) is 4.39 Å². The second-order valence-corrected chi connectivity index (χ2v) is 9.92. The van der Waals surface area contributed by atoms with Gasteiger partial charge in [-0.2, -0.15) is 12.5 Å². The fourth-order valence-corrected chi connectivity index (χ4v) is 5.34. The number of likely N-dealkylation sites (tertiary alicyclic amines) is 1. The Balaban J connectivity index is 1.82. The van der Waals surface area contributed by atoms with E-state index in [0.717, 1.165) is 55.1 Å². The third-order valence-corrected chi connectivity index (χ3v) is 7.36. The van der Waals surface area contributed by atoms with E-state index < -0.39 is 15.8 Å². The van der Waals surface area contributed by atoms with Crippen LogP contribution >= 0.6 is 23.1 Å². The molecule has 0 spiro atoms. The standard InChI is InChI=1S/C20H18ClFN4O3S2/c21-14-4-8-16(9-5-14)26-23-18(20(27)25-12-2-1-3-13-25)19(30-26)24-31(28,29)17-10-6-15(22)7-11-17/h4-11H,1-3,12-13H2. The van der Waals surface area contributed by atoms with Crippen LogP contribution in [0, 0.1) is 5.82 Å². The van der Waals surface area contributed by atoms with Crippen LogP contribution in [0.25, 0.3) is 5.69 Å². The number of carbonyl (C=O) groups is 1. The Morgan fingerprint density at radius 1 is 1.03 bits per heavy atom. The number of halogens is 2. The van der Waals surface area contributed by atoms with Crippen LogP contribution in [-0.4, -0.2) is 41.5 Å². The van der Waals surface area contributed by atoms with E-state index in [-0.39, 0.29) is 21.2 Å². The van der Waals surface area contributed by atoms with Gasteiger partial charge in [-0.15, -0.1) is 9.50 Å². The first-order valence-electron chi connectivity index (χ1n) is 9.56. The number of rotatable bonds is 4. The van der Waals surface area contributed by atoms with Crippen LogP contribution in [0.5, 0.6) is 0 Å². The third-order valence-electron chi connectivity index (χ3n) is 4.77. The molecule has 0 radical (unpaired) electrons. The molecule has 2 heterocycles. The minimum Gasteiger partial charge on any atom is -0.337 e. The van der Waals surface area contributed by atoms with Crippen molar-refractivity contribution in [3.05, 3.63) is 69.7 Å². The van der Waals surface area contributed by atoms with Gasteiger partial charge in [-0.05, 0) is 79.3 Å². The summed E-state index contributed by atoms with van der Waals surface area (Å²) < 4.78 is 44.1. The van der Waals surface area contributed by atoms with E-state index in [4.69, 9.17) is 11.6 Å². The van der Waals surface area contributed by atoms with E-state index in [1.165, 1.54) is 4.07 Å². The number of piperidine rings is 1. The van der Waals surface area contributed by atoms with Crippen molar-refractivity contribution >= 4 is 39.1 Å². The van der Waals surface area contributed by atoms with E-state index in [1.54, 1.807) is 29.2 Å². The average molecular weight is 481 g/mol. The topological polar surface area (TPSA) is 84.6 Å². The lowest BCUT2D eigenvalue weighted by Crippen LogP contribution is -2.38. The Labute approximate surface area is 187 Å². The Bertz CT molecular complexity index is 1260. The highest BCUT2D eigenvalue weighted by molar-refractivity contribution is 7.90.